The molecule has 0 spiro atoms. The highest BCUT2D eigenvalue weighted by molar-refractivity contribution is 7.99. The van der Waals surface area contributed by atoms with Crippen molar-refractivity contribution in [3.8, 4) is 0 Å². The number of fused-ring (bicyclic) bond motifs is 1. The first kappa shape index (κ1) is 18.3. The monoisotopic (exact) mass is 390 g/mol. The summed E-state index contributed by atoms with van der Waals surface area (Å²) in [5.41, 5.74) is 2.92. The molecule has 1 aliphatic rings. The van der Waals surface area contributed by atoms with Crippen LogP contribution in [0.15, 0.2) is 83.8 Å². The minimum absolute atomic E-state index is 0.0460. The average Bonchev–Trinajstić information content (AvgIpc) is 2.86. The van der Waals surface area contributed by atoms with Gasteiger partial charge in [-0.25, -0.2) is 0 Å². The molecule has 3 aromatic carbocycles. The fraction of sp³-hybridized carbons (Fsp3) is 0.136. The zero-order valence-electron chi connectivity index (χ0n) is 15.0. The van der Waals surface area contributed by atoms with Crippen molar-refractivity contribution in [3.05, 3.63) is 100 Å². The van der Waals surface area contributed by atoms with Gasteiger partial charge in [-0.1, -0.05) is 54.6 Å². The van der Waals surface area contributed by atoms with Crippen molar-refractivity contribution in [2.45, 2.75) is 23.1 Å². The largest absolute Gasteiger partial charge is 0.307 e. The number of carbonyl (C=O) groups is 1. The van der Waals surface area contributed by atoms with Crippen LogP contribution in [0.4, 0.5) is 11.4 Å². The van der Waals surface area contributed by atoms with Crippen LogP contribution < -0.4 is 4.90 Å². The number of nitro groups is 1. The number of anilines is 1. The molecule has 0 saturated heterocycles. The molecule has 0 aromatic heterocycles. The lowest BCUT2D eigenvalue weighted by Gasteiger charge is -2.22. The summed E-state index contributed by atoms with van der Waals surface area (Å²) >= 11 is 1.70. The highest BCUT2D eigenvalue weighted by atomic mass is 32.2. The summed E-state index contributed by atoms with van der Waals surface area (Å²) < 4.78 is 0. The van der Waals surface area contributed by atoms with Crippen LogP contribution in [0.3, 0.4) is 0 Å². The smallest absolute Gasteiger partial charge is 0.269 e. The maximum atomic E-state index is 13.1. The van der Waals surface area contributed by atoms with E-state index in [1.807, 2.05) is 42.5 Å². The quantitative estimate of drug-likeness (QED) is 0.444. The molecule has 0 aliphatic carbocycles. The Bertz CT molecular complexity index is 1010. The Kier molecular flexibility index (Phi) is 5.12. The van der Waals surface area contributed by atoms with Gasteiger partial charge in [-0.3, -0.25) is 14.9 Å². The van der Waals surface area contributed by atoms with Gasteiger partial charge >= 0.3 is 0 Å². The molecule has 1 heterocycles. The molecule has 1 amide bonds. The van der Waals surface area contributed by atoms with Gasteiger partial charge in [0.25, 0.3) is 5.69 Å². The van der Waals surface area contributed by atoms with Crippen molar-refractivity contribution >= 4 is 29.0 Å². The fourth-order valence-electron chi connectivity index (χ4n) is 3.31. The molecule has 0 radical (unpaired) electrons. The first-order valence-electron chi connectivity index (χ1n) is 8.96. The van der Waals surface area contributed by atoms with Gasteiger partial charge in [-0.05, 0) is 23.3 Å². The maximum Gasteiger partial charge on any atom is 0.269 e. The van der Waals surface area contributed by atoms with Gasteiger partial charge in [0.1, 0.15) is 0 Å². The van der Waals surface area contributed by atoms with Gasteiger partial charge < -0.3 is 4.90 Å². The Hall–Kier alpha value is -3.12. The number of para-hydroxylation sites is 1. The first-order valence-corrected chi connectivity index (χ1v) is 9.84. The molecule has 28 heavy (non-hydrogen) atoms. The normalized spacial score (nSPS) is 16.4. The van der Waals surface area contributed by atoms with Crippen molar-refractivity contribution in [3.63, 3.8) is 0 Å². The van der Waals surface area contributed by atoms with Crippen molar-refractivity contribution < 1.29 is 9.72 Å². The Balaban J connectivity index is 1.66. The number of non-ortho nitro benzene ring substituents is 1. The van der Waals surface area contributed by atoms with Crippen LogP contribution in [-0.4, -0.2) is 10.8 Å². The van der Waals surface area contributed by atoms with Gasteiger partial charge in [-0.2, -0.15) is 0 Å². The molecule has 1 aliphatic heterocycles. The summed E-state index contributed by atoms with van der Waals surface area (Å²) in [5.74, 6) is 0.0460. The molecule has 0 fully saturated rings. The second-order valence-electron chi connectivity index (χ2n) is 6.59. The predicted octanol–water partition coefficient (Wildman–Crippen LogP) is 5.37. The lowest BCUT2D eigenvalue weighted by molar-refractivity contribution is -0.384. The van der Waals surface area contributed by atoms with E-state index in [1.165, 1.54) is 12.1 Å². The summed E-state index contributed by atoms with van der Waals surface area (Å²) in [4.78, 5) is 26.4. The van der Waals surface area contributed by atoms with Gasteiger partial charge in [0.05, 0.1) is 17.2 Å². The van der Waals surface area contributed by atoms with Gasteiger partial charge in [0, 0.05) is 28.7 Å². The van der Waals surface area contributed by atoms with Crippen LogP contribution in [0, 0.1) is 10.1 Å². The number of nitro benzene ring substituents is 1. The number of hydrogen-bond acceptors (Lipinski definition) is 4. The SMILES string of the molecule is O=C1C[C@@H](c2ccccc2)Sc2ccccc2N1Cc1ccc([N+](=O)[O-])cc1. The molecule has 5 nitrogen and oxygen atoms in total. The van der Waals surface area contributed by atoms with Crippen molar-refractivity contribution in [2.24, 2.45) is 0 Å². The van der Waals surface area contributed by atoms with E-state index in [2.05, 4.69) is 12.1 Å². The lowest BCUT2D eigenvalue weighted by Crippen LogP contribution is -2.30. The molecular weight excluding hydrogens is 372 g/mol. The van der Waals surface area contributed by atoms with Crippen LogP contribution in [0.25, 0.3) is 0 Å². The van der Waals surface area contributed by atoms with E-state index in [9.17, 15) is 14.9 Å². The van der Waals surface area contributed by atoms with Crippen LogP contribution in [0.2, 0.25) is 0 Å². The zero-order valence-corrected chi connectivity index (χ0v) is 15.8. The van der Waals surface area contributed by atoms with Gasteiger partial charge in [0.15, 0.2) is 0 Å². The molecule has 6 heteroatoms. The number of carbonyl (C=O) groups excluding carboxylic acids is 1. The number of nitrogens with zero attached hydrogens (tertiary/aromatic N) is 2. The van der Waals surface area contributed by atoms with Crippen molar-refractivity contribution in [1.29, 1.82) is 0 Å². The second kappa shape index (κ2) is 7.86. The van der Waals surface area contributed by atoms with Crippen LogP contribution in [-0.2, 0) is 11.3 Å². The summed E-state index contributed by atoms with van der Waals surface area (Å²) in [6.07, 6.45) is 0.399. The first-order chi connectivity index (χ1) is 13.6. The van der Waals surface area contributed by atoms with Crippen LogP contribution in [0.1, 0.15) is 22.8 Å². The standard InChI is InChI=1S/C22H18N2O3S/c25-22-14-21(17-6-2-1-3-7-17)28-20-9-5-4-8-19(20)23(22)15-16-10-12-18(13-11-16)24(26)27/h1-13,21H,14-15H2/t21-/m0/s1. The number of rotatable bonds is 4. The van der Waals surface area contributed by atoms with E-state index < -0.39 is 4.92 Å². The molecule has 0 saturated carbocycles. The van der Waals surface area contributed by atoms with Crippen molar-refractivity contribution in [2.75, 3.05) is 4.90 Å². The van der Waals surface area contributed by atoms with Crippen LogP contribution in [0.5, 0.6) is 0 Å². The summed E-state index contributed by atoms with van der Waals surface area (Å²) in [5, 5.41) is 10.9. The fourth-order valence-corrected chi connectivity index (χ4v) is 4.59. The molecular formula is C22H18N2O3S. The third kappa shape index (κ3) is 3.77. The van der Waals surface area contributed by atoms with Crippen molar-refractivity contribution in [1.82, 2.24) is 0 Å². The third-order valence-electron chi connectivity index (χ3n) is 4.75. The lowest BCUT2D eigenvalue weighted by atomic mass is 10.1. The maximum absolute atomic E-state index is 13.1. The summed E-state index contributed by atoms with van der Waals surface area (Å²) in [7, 11) is 0. The Labute approximate surface area is 167 Å². The summed E-state index contributed by atoms with van der Waals surface area (Å²) in [6.45, 7) is 0.385. The summed E-state index contributed by atoms with van der Waals surface area (Å²) in [6, 6.07) is 24.3. The average molecular weight is 390 g/mol. The van der Waals surface area contributed by atoms with E-state index in [0.29, 0.717) is 13.0 Å². The molecule has 0 unspecified atom stereocenters. The Morgan fingerprint density at radius 2 is 1.64 bits per heavy atom. The molecule has 1 atom stereocenters. The van der Waals surface area contributed by atoms with E-state index in [1.54, 1.807) is 28.8 Å². The topological polar surface area (TPSA) is 63.5 Å². The third-order valence-corrected chi connectivity index (χ3v) is 6.07. The molecule has 4 rings (SSSR count). The van der Waals surface area contributed by atoms with E-state index in [0.717, 1.165) is 21.7 Å². The molecule has 140 valence electrons. The van der Waals surface area contributed by atoms with E-state index in [-0.39, 0.29) is 16.8 Å². The van der Waals surface area contributed by atoms with Crippen LogP contribution >= 0.6 is 11.8 Å². The Morgan fingerprint density at radius 1 is 0.964 bits per heavy atom. The minimum atomic E-state index is -0.419. The molecule has 0 bridgehead atoms. The number of benzene rings is 3. The predicted molar refractivity (Wildman–Crippen MR) is 110 cm³/mol. The van der Waals surface area contributed by atoms with Gasteiger partial charge in [0.2, 0.25) is 5.91 Å². The molecule has 0 N–H and O–H groups in total. The molecule has 3 aromatic rings. The zero-order chi connectivity index (χ0) is 19.5. The number of hydrogen-bond donors (Lipinski definition) is 0. The Morgan fingerprint density at radius 3 is 2.36 bits per heavy atom. The minimum Gasteiger partial charge on any atom is -0.307 e. The number of thioether (sulfide) groups is 1. The highest BCUT2D eigenvalue weighted by Gasteiger charge is 2.29. The van der Waals surface area contributed by atoms with Gasteiger partial charge in [-0.15, -0.1) is 11.8 Å². The second-order valence-corrected chi connectivity index (χ2v) is 7.84. The van der Waals surface area contributed by atoms with E-state index in [4.69, 9.17) is 0 Å². The van der Waals surface area contributed by atoms with E-state index >= 15 is 0 Å². The highest BCUT2D eigenvalue weighted by Crippen LogP contribution is 2.45. The number of amides is 1.